The van der Waals surface area contributed by atoms with Crippen LogP contribution in [-0.4, -0.2) is 13.2 Å². The second-order valence-electron chi connectivity index (χ2n) is 5.09. The maximum absolute atomic E-state index is 13.7. The molecule has 0 aliphatic carbocycles. The van der Waals surface area contributed by atoms with Crippen molar-refractivity contribution in [3.63, 3.8) is 0 Å². The van der Waals surface area contributed by atoms with Crippen molar-refractivity contribution < 1.29 is 9.13 Å². The van der Waals surface area contributed by atoms with E-state index in [1.807, 2.05) is 24.3 Å². The highest BCUT2D eigenvalue weighted by Crippen LogP contribution is 2.18. The average Bonchev–Trinajstić information content (AvgIpc) is 2.49. The van der Waals surface area contributed by atoms with Crippen molar-refractivity contribution in [2.75, 3.05) is 7.11 Å². The Morgan fingerprint density at radius 3 is 2.57 bits per heavy atom. The maximum atomic E-state index is 13.7. The van der Waals surface area contributed by atoms with Gasteiger partial charge in [-0.1, -0.05) is 28.1 Å². The monoisotopic (exact) mass is 351 g/mol. The summed E-state index contributed by atoms with van der Waals surface area (Å²) in [5, 5.41) is 0. The summed E-state index contributed by atoms with van der Waals surface area (Å²) >= 11 is 3.36. The SMILES string of the molecule is COc1ccc(CCC(N)Cc2cc(Br)ccc2F)cc1. The van der Waals surface area contributed by atoms with Crippen LogP contribution in [0, 0.1) is 5.82 Å². The fraction of sp³-hybridized carbons (Fsp3) is 0.294. The van der Waals surface area contributed by atoms with Gasteiger partial charge in [0.05, 0.1) is 7.11 Å². The topological polar surface area (TPSA) is 35.2 Å². The fourth-order valence-corrected chi connectivity index (χ4v) is 2.64. The molecule has 1 atom stereocenters. The lowest BCUT2D eigenvalue weighted by Crippen LogP contribution is -2.24. The summed E-state index contributed by atoms with van der Waals surface area (Å²) < 4.78 is 19.7. The zero-order valence-electron chi connectivity index (χ0n) is 12.0. The van der Waals surface area contributed by atoms with Crippen molar-refractivity contribution in [2.45, 2.75) is 25.3 Å². The van der Waals surface area contributed by atoms with Crippen LogP contribution in [0.3, 0.4) is 0 Å². The second kappa shape index (κ2) is 7.57. The first-order valence-electron chi connectivity index (χ1n) is 6.91. The molecule has 0 aliphatic heterocycles. The Hall–Kier alpha value is -1.39. The first-order chi connectivity index (χ1) is 10.1. The Kier molecular flexibility index (Phi) is 5.76. The molecule has 2 rings (SSSR count). The van der Waals surface area contributed by atoms with E-state index >= 15 is 0 Å². The summed E-state index contributed by atoms with van der Waals surface area (Å²) in [5.41, 5.74) is 7.99. The smallest absolute Gasteiger partial charge is 0.126 e. The van der Waals surface area contributed by atoms with Gasteiger partial charge in [-0.25, -0.2) is 4.39 Å². The maximum Gasteiger partial charge on any atom is 0.126 e. The van der Waals surface area contributed by atoms with E-state index in [-0.39, 0.29) is 11.9 Å². The van der Waals surface area contributed by atoms with Gasteiger partial charge in [0.1, 0.15) is 11.6 Å². The normalized spacial score (nSPS) is 12.2. The van der Waals surface area contributed by atoms with Crippen LogP contribution in [0.1, 0.15) is 17.5 Å². The predicted octanol–water partition coefficient (Wildman–Crippen LogP) is 4.10. The van der Waals surface area contributed by atoms with Crippen molar-refractivity contribution in [2.24, 2.45) is 5.73 Å². The van der Waals surface area contributed by atoms with Crippen LogP contribution >= 0.6 is 15.9 Å². The third-order valence-electron chi connectivity index (χ3n) is 3.45. The molecule has 0 fully saturated rings. The number of rotatable bonds is 6. The van der Waals surface area contributed by atoms with Crippen LogP contribution in [0.4, 0.5) is 4.39 Å². The highest BCUT2D eigenvalue weighted by molar-refractivity contribution is 9.10. The van der Waals surface area contributed by atoms with Gasteiger partial charge in [0, 0.05) is 10.5 Å². The third-order valence-corrected chi connectivity index (χ3v) is 3.95. The Balaban J connectivity index is 1.89. The Labute approximate surface area is 133 Å². The van der Waals surface area contributed by atoms with Crippen LogP contribution in [0.25, 0.3) is 0 Å². The van der Waals surface area contributed by atoms with E-state index in [0.717, 1.165) is 23.1 Å². The molecular formula is C17H19BrFNO. The van der Waals surface area contributed by atoms with Gasteiger partial charge in [0.15, 0.2) is 0 Å². The van der Waals surface area contributed by atoms with Crippen molar-refractivity contribution in [1.82, 2.24) is 0 Å². The fourth-order valence-electron chi connectivity index (χ4n) is 2.23. The summed E-state index contributed by atoms with van der Waals surface area (Å²) in [4.78, 5) is 0. The van der Waals surface area contributed by atoms with E-state index in [2.05, 4.69) is 15.9 Å². The van der Waals surface area contributed by atoms with Gasteiger partial charge in [-0.05, 0) is 60.7 Å². The molecule has 0 spiro atoms. The van der Waals surface area contributed by atoms with E-state index in [1.165, 1.54) is 11.6 Å². The summed E-state index contributed by atoms with van der Waals surface area (Å²) in [7, 11) is 1.65. The molecule has 0 radical (unpaired) electrons. The Morgan fingerprint density at radius 1 is 1.19 bits per heavy atom. The molecule has 0 amide bonds. The zero-order valence-corrected chi connectivity index (χ0v) is 13.6. The molecule has 4 heteroatoms. The molecule has 112 valence electrons. The lowest BCUT2D eigenvalue weighted by Gasteiger charge is -2.13. The minimum atomic E-state index is -0.196. The predicted molar refractivity (Wildman–Crippen MR) is 87.1 cm³/mol. The number of methoxy groups -OCH3 is 1. The van der Waals surface area contributed by atoms with Crippen molar-refractivity contribution >= 4 is 15.9 Å². The molecule has 0 aliphatic rings. The van der Waals surface area contributed by atoms with E-state index in [9.17, 15) is 4.39 Å². The molecule has 2 aromatic carbocycles. The lowest BCUT2D eigenvalue weighted by atomic mass is 9.99. The third kappa shape index (κ3) is 4.83. The summed E-state index contributed by atoms with van der Waals surface area (Å²) in [5.74, 6) is 0.650. The largest absolute Gasteiger partial charge is 0.497 e. The summed E-state index contributed by atoms with van der Waals surface area (Å²) in [6, 6.07) is 12.8. The van der Waals surface area contributed by atoms with Gasteiger partial charge in [-0.3, -0.25) is 0 Å². The second-order valence-corrected chi connectivity index (χ2v) is 6.00. The van der Waals surface area contributed by atoms with Crippen LogP contribution in [-0.2, 0) is 12.8 Å². The van der Waals surface area contributed by atoms with Crippen LogP contribution in [0.15, 0.2) is 46.9 Å². The van der Waals surface area contributed by atoms with Crippen LogP contribution < -0.4 is 10.5 Å². The minimum Gasteiger partial charge on any atom is -0.497 e. The molecule has 0 aromatic heterocycles. The van der Waals surface area contributed by atoms with Gasteiger partial charge in [0.25, 0.3) is 0 Å². The first kappa shape index (κ1) is 16.0. The standard InChI is InChI=1S/C17H19BrFNO/c1-21-16-7-3-12(4-8-16)2-6-15(20)11-13-10-14(18)5-9-17(13)19/h3-5,7-10,15H,2,6,11,20H2,1H3. The number of ether oxygens (including phenoxy) is 1. The molecule has 0 heterocycles. The number of nitrogens with two attached hydrogens (primary N) is 1. The number of aryl methyl sites for hydroxylation is 1. The highest BCUT2D eigenvalue weighted by Gasteiger charge is 2.09. The minimum absolute atomic E-state index is 0.0594. The van der Waals surface area contributed by atoms with E-state index < -0.39 is 0 Å². The van der Waals surface area contributed by atoms with Crippen molar-refractivity contribution in [1.29, 1.82) is 0 Å². The Morgan fingerprint density at radius 2 is 1.90 bits per heavy atom. The van der Waals surface area contributed by atoms with Crippen LogP contribution in [0.2, 0.25) is 0 Å². The molecule has 1 unspecified atom stereocenters. The van der Waals surface area contributed by atoms with Crippen molar-refractivity contribution in [3.8, 4) is 5.75 Å². The average molecular weight is 352 g/mol. The number of halogens is 2. The summed E-state index contributed by atoms with van der Waals surface area (Å²) in [6.45, 7) is 0. The molecule has 0 bridgehead atoms. The summed E-state index contributed by atoms with van der Waals surface area (Å²) in [6.07, 6.45) is 2.24. The van der Waals surface area contributed by atoms with Gasteiger partial charge in [-0.15, -0.1) is 0 Å². The molecule has 21 heavy (non-hydrogen) atoms. The zero-order chi connectivity index (χ0) is 15.2. The molecule has 0 saturated heterocycles. The molecule has 2 N–H and O–H groups in total. The number of hydrogen-bond donors (Lipinski definition) is 1. The molecule has 2 aromatic rings. The molecular weight excluding hydrogens is 333 g/mol. The molecule has 0 saturated carbocycles. The van der Waals surface area contributed by atoms with E-state index in [0.29, 0.717) is 12.0 Å². The van der Waals surface area contributed by atoms with Gasteiger partial charge >= 0.3 is 0 Å². The quantitative estimate of drug-likeness (QED) is 0.850. The number of benzene rings is 2. The highest BCUT2D eigenvalue weighted by atomic mass is 79.9. The molecule has 2 nitrogen and oxygen atoms in total. The van der Waals surface area contributed by atoms with Gasteiger partial charge in [-0.2, -0.15) is 0 Å². The van der Waals surface area contributed by atoms with Gasteiger partial charge in [0.2, 0.25) is 0 Å². The van der Waals surface area contributed by atoms with Crippen LogP contribution in [0.5, 0.6) is 5.75 Å². The van der Waals surface area contributed by atoms with Crippen molar-refractivity contribution in [3.05, 3.63) is 63.9 Å². The van der Waals surface area contributed by atoms with E-state index in [1.54, 1.807) is 19.2 Å². The number of hydrogen-bond acceptors (Lipinski definition) is 2. The Bertz CT molecular complexity index is 586. The first-order valence-corrected chi connectivity index (χ1v) is 7.70. The van der Waals surface area contributed by atoms with Gasteiger partial charge < -0.3 is 10.5 Å². The lowest BCUT2D eigenvalue weighted by molar-refractivity contribution is 0.414. The van der Waals surface area contributed by atoms with E-state index in [4.69, 9.17) is 10.5 Å².